The Balaban J connectivity index is 2.36. The van der Waals surface area contributed by atoms with Crippen LogP contribution in [0.15, 0.2) is 54.6 Å². The maximum absolute atomic E-state index is 14.0. The first-order chi connectivity index (χ1) is 14.8. The second kappa shape index (κ2) is 9.82. The molecule has 2 atom stereocenters. The van der Waals surface area contributed by atoms with Crippen LogP contribution in [0.25, 0.3) is 0 Å². The number of carbonyl (C=O) groups is 1. The molecule has 0 saturated carbocycles. The number of ether oxygens (including phenoxy) is 2. The highest BCUT2D eigenvalue weighted by Crippen LogP contribution is 2.53. The van der Waals surface area contributed by atoms with Gasteiger partial charge in [0.1, 0.15) is 11.5 Å². The van der Waals surface area contributed by atoms with E-state index in [-0.39, 0.29) is 32.9 Å². The molecule has 160 valence electrons. The third-order valence-corrected chi connectivity index (χ3v) is 7.41. The van der Waals surface area contributed by atoms with Crippen LogP contribution in [-0.2, 0) is 4.57 Å². The van der Waals surface area contributed by atoms with Gasteiger partial charge in [-0.15, -0.1) is 0 Å². The van der Waals surface area contributed by atoms with Crippen LogP contribution in [0.3, 0.4) is 0 Å². The number of Topliss-reactive ketones (excluding diaryl/α,β-unsaturated/α-hetero) is 1. The zero-order valence-corrected chi connectivity index (χ0v) is 20.0. The van der Waals surface area contributed by atoms with E-state index in [9.17, 15) is 9.36 Å². The number of hydrogen-bond donors (Lipinski definition) is 0. The molecule has 4 nitrogen and oxygen atoms in total. The topological polar surface area (TPSA) is 52.6 Å². The lowest BCUT2D eigenvalue weighted by molar-refractivity contribution is 0.0984. The highest BCUT2D eigenvalue weighted by molar-refractivity contribution is 7.55. The molecule has 0 N–H and O–H groups in total. The summed E-state index contributed by atoms with van der Waals surface area (Å²) >= 11 is 12.8. The van der Waals surface area contributed by atoms with Crippen molar-refractivity contribution >= 4 is 42.1 Å². The first-order valence-electron chi connectivity index (χ1n) is 9.53. The van der Waals surface area contributed by atoms with Crippen molar-refractivity contribution in [2.45, 2.75) is 19.5 Å². The Morgan fingerprint density at radius 1 is 0.871 bits per heavy atom. The number of benzene rings is 3. The van der Waals surface area contributed by atoms with E-state index >= 15 is 0 Å². The van der Waals surface area contributed by atoms with Gasteiger partial charge in [-0.1, -0.05) is 64.2 Å². The van der Waals surface area contributed by atoms with Gasteiger partial charge in [-0.05, 0) is 43.2 Å². The van der Waals surface area contributed by atoms with E-state index in [1.807, 2.05) is 38.1 Å². The predicted molar refractivity (Wildman–Crippen MR) is 126 cm³/mol. The quantitative estimate of drug-likeness (QED) is 0.281. The Labute approximate surface area is 192 Å². The number of carbonyl (C=O) groups excluding carboxylic acids is 1. The minimum atomic E-state index is -2.25. The lowest BCUT2D eigenvalue weighted by atomic mass is 9.94. The summed E-state index contributed by atoms with van der Waals surface area (Å²) in [4.78, 5) is 14.0. The molecule has 3 rings (SSSR count). The molecule has 0 radical (unpaired) electrons. The summed E-state index contributed by atoms with van der Waals surface area (Å²) in [6, 6.07) is 15.9. The van der Waals surface area contributed by atoms with Gasteiger partial charge in [0.2, 0.25) is 5.78 Å². The molecule has 0 fully saturated rings. The average Bonchev–Trinajstić information content (AvgIpc) is 2.74. The Kier molecular flexibility index (Phi) is 7.38. The van der Waals surface area contributed by atoms with Crippen LogP contribution < -0.4 is 14.8 Å². The Morgan fingerprint density at radius 2 is 1.39 bits per heavy atom. The summed E-state index contributed by atoms with van der Waals surface area (Å²) in [5.74, 6) is 0.120. The number of methoxy groups -OCH3 is 2. The van der Waals surface area contributed by atoms with Crippen molar-refractivity contribution in [3.63, 3.8) is 0 Å². The van der Waals surface area contributed by atoms with E-state index in [0.29, 0.717) is 10.9 Å². The summed E-state index contributed by atoms with van der Waals surface area (Å²) in [5.41, 5.74) is 1.25. The monoisotopic (exact) mass is 475 g/mol. The molecule has 0 aliphatic heterocycles. The Bertz CT molecular complexity index is 1100. The molecule has 0 aliphatic carbocycles. The highest BCUT2D eigenvalue weighted by atomic mass is 35.5. The van der Waals surface area contributed by atoms with Gasteiger partial charge in [0.25, 0.3) is 5.66 Å². The Hall–Kier alpha value is -2.39. The normalized spacial score (nSPS) is 12.3. The van der Waals surface area contributed by atoms with E-state index in [1.54, 1.807) is 24.3 Å². The maximum atomic E-state index is 14.0. The number of halogens is 2. The molecule has 31 heavy (non-hydrogen) atoms. The molecule has 7 heteroatoms. The van der Waals surface area contributed by atoms with Gasteiger partial charge in [0.05, 0.1) is 29.8 Å². The molecule has 0 aliphatic rings. The Morgan fingerprint density at radius 3 is 1.87 bits per heavy atom. The standard InChI is InChI=1S/C24H22Cl2O4P/c1-14-9-8-10-15(2)19(14)21(27)24(31(28)16-11-6-5-7-12-16)20-22(29-3)17(25)13-18(26)23(20)30-4/h5-13,24H,1-4H3/q+1. The molecule has 3 aromatic rings. The van der Waals surface area contributed by atoms with Crippen molar-refractivity contribution in [3.05, 3.63) is 86.9 Å². The van der Waals surface area contributed by atoms with E-state index in [4.69, 9.17) is 32.7 Å². The first kappa shape index (κ1) is 23.3. The van der Waals surface area contributed by atoms with Crippen molar-refractivity contribution in [1.82, 2.24) is 0 Å². The fraction of sp³-hybridized carbons (Fsp3) is 0.208. The third kappa shape index (κ3) is 4.48. The maximum Gasteiger partial charge on any atom is 0.393 e. The van der Waals surface area contributed by atoms with Crippen molar-refractivity contribution in [1.29, 1.82) is 0 Å². The second-order valence-corrected chi connectivity index (χ2v) is 9.51. The van der Waals surface area contributed by atoms with Gasteiger partial charge in [-0.3, -0.25) is 4.79 Å². The average molecular weight is 476 g/mol. The molecule has 0 heterocycles. The van der Waals surface area contributed by atoms with Crippen LogP contribution in [0.2, 0.25) is 10.0 Å². The lowest BCUT2D eigenvalue weighted by Crippen LogP contribution is -2.18. The highest BCUT2D eigenvalue weighted by Gasteiger charge is 2.46. The van der Waals surface area contributed by atoms with Crippen molar-refractivity contribution in [3.8, 4) is 11.5 Å². The molecule has 0 amide bonds. The molecular weight excluding hydrogens is 454 g/mol. The summed E-state index contributed by atoms with van der Waals surface area (Å²) in [6.07, 6.45) is 0. The zero-order chi connectivity index (χ0) is 22.7. The van der Waals surface area contributed by atoms with Crippen molar-refractivity contribution in [2.75, 3.05) is 14.2 Å². The molecular formula is C24H22Cl2O4P+. The smallest absolute Gasteiger partial charge is 0.393 e. The van der Waals surface area contributed by atoms with E-state index in [1.165, 1.54) is 20.3 Å². The molecule has 3 aromatic carbocycles. The van der Waals surface area contributed by atoms with E-state index in [0.717, 1.165) is 11.1 Å². The molecule has 0 spiro atoms. The third-order valence-electron chi connectivity index (χ3n) is 5.08. The van der Waals surface area contributed by atoms with Crippen LogP contribution in [0.1, 0.15) is 32.7 Å². The van der Waals surface area contributed by atoms with Gasteiger partial charge < -0.3 is 9.47 Å². The van der Waals surface area contributed by atoms with Gasteiger partial charge in [-0.25, -0.2) is 0 Å². The van der Waals surface area contributed by atoms with Gasteiger partial charge in [0.15, 0.2) is 5.30 Å². The lowest BCUT2D eigenvalue weighted by Gasteiger charge is -2.19. The first-order valence-corrected chi connectivity index (χ1v) is 11.6. The molecule has 2 unspecified atom stereocenters. The summed E-state index contributed by atoms with van der Waals surface area (Å²) in [6.45, 7) is 3.71. The summed E-state index contributed by atoms with van der Waals surface area (Å²) < 4.78 is 24.9. The van der Waals surface area contributed by atoms with Crippen LogP contribution in [0, 0.1) is 13.8 Å². The van der Waals surface area contributed by atoms with Crippen LogP contribution in [-0.4, -0.2) is 20.0 Å². The summed E-state index contributed by atoms with van der Waals surface area (Å²) in [7, 11) is 0.629. The molecule has 0 aromatic heterocycles. The predicted octanol–water partition coefficient (Wildman–Crippen LogP) is 6.70. The van der Waals surface area contributed by atoms with Crippen LogP contribution in [0.5, 0.6) is 11.5 Å². The minimum absolute atomic E-state index is 0.207. The van der Waals surface area contributed by atoms with Gasteiger partial charge in [-0.2, -0.15) is 0 Å². The van der Waals surface area contributed by atoms with Crippen LogP contribution >= 0.6 is 31.0 Å². The number of aryl methyl sites for hydroxylation is 2. The number of hydrogen-bond acceptors (Lipinski definition) is 4. The largest absolute Gasteiger partial charge is 0.495 e. The van der Waals surface area contributed by atoms with Crippen molar-refractivity contribution in [2.24, 2.45) is 0 Å². The number of ketones is 1. The van der Waals surface area contributed by atoms with Crippen LogP contribution in [0.4, 0.5) is 0 Å². The van der Waals surface area contributed by atoms with Gasteiger partial charge >= 0.3 is 7.80 Å². The summed E-state index contributed by atoms with van der Waals surface area (Å²) in [5, 5.41) is 0.945. The van der Waals surface area contributed by atoms with E-state index in [2.05, 4.69) is 0 Å². The van der Waals surface area contributed by atoms with Crippen molar-refractivity contribution < 1.29 is 18.8 Å². The second-order valence-electron chi connectivity index (χ2n) is 7.02. The molecule has 0 saturated heterocycles. The SMILES string of the molecule is COc1c(Cl)cc(Cl)c(OC)c1C(C(=O)c1c(C)cccc1C)[P+](=O)c1ccccc1. The fourth-order valence-electron chi connectivity index (χ4n) is 3.68. The van der Waals surface area contributed by atoms with E-state index < -0.39 is 13.5 Å². The zero-order valence-electron chi connectivity index (χ0n) is 17.6. The fourth-order valence-corrected chi connectivity index (χ4v) is 5.89. The molecule has 0 bridgehead atoms. The number of rotatable bonds is 7. The van der Waals surface area contributed by atoms with Gasteiger partial charge in [0, 0.05) is 5.56 Å². The minimum Gasteiger partial charge on any atom is -0.495 e.